The van der Waals surface area contributed by atoms with Gasteiger partial charge in [0.25, 0.3) is 0 Å². The second kappa shape index (κ2) is 3.04. The molecule has 0 fully saturated rings. The molecule has 0 atom stereocenters. The zero-order chi connectivity index (χ0) is 7.56. The molecular formula is C8H17N2+. The molecule has 10 heavy (non-hydrogen) atoms. The smallest absolute Gasteiger partial charge is 0.246 e. The second-order valence-corrected chi connectivity index (χ2v) is 3.01. The van der Waals surface area contributed by atoms with Gasteiger partial charge in [0.15, 0.2) is 0 Å². The third-order valence-corrected chi connectivity index (χ3v) is 2.13. The van der Waals surface area contributed by atoms with Crippen molar-refractivity contribution in [3.05, 3.63) is 0 Å². The Morgan fingerprint density at radius 1 is 1.60 bits per heavy atom. The van der Waals surface area contributed by atoms with Gasteiger partial charge in [0.2, 0.25) is 5.84 Å². The Kier molecular flexibility index (Phi) is 2.30. The summed E-state index contributed by atoms with van der Waals surface area (Å²) in [5.74, 6) is 1.50. The molecule has 58 valence electrons. The van der Waals surface area contributed by atoms with Crippen LogP contribution in [0, 0.1) is 0 Å². The molecule has 0 N–H and O–H groups in total. The van der Waals surface area contributed by atoms with Crippen molar-refractivity contribution in [3.63, 3.8) is 0 Å². The molecule has 2 nitrogen and oxygen atoms in total. The molecule has 0 amide bonds. The van der Waals surface area contributed by atoms with Crippen LogP contribution in [-0.2, 0) is 0 Å². The van der Waals surface area contributed by atoms with E-state index in [0.717, 1.165) is 0 Å². The van der Waals surface area contributed by atoms with Crippen LogP contribution in [0.3, 0.4) is 0 Å². The minimum atomic E-state index is 1.20. The molecule has 0 aromatic heterocycles. The van der Waals surface area contributed by atoms with E-state index >= 15 is 0 Å². The van der Waals surface area contributed by atoms with Crippen molar-refractivity contribution in [1.29, 1.82) is 0 Å². The van der Waals surface area contributed by atoms with Crippen LogP contribution in [0.5, 0.6) is 0 Å². The van der Waals surface area contributed by atoms with Crippen LogP contribution in [0.25, 0.3) is 0 Å². The van der Waals surface area contributed by atoms with Gasteiger partial charge < -0.3 is 0 Å². The van der Waals surface area contributed by atoms with Crippen LogP contribution in [0.15, 0.2) is 0 Å². The predicted molar refractivity (Wildman–Crippen MR) is 43.6 cm³/mol. The quantitative estimate of drug-likeness (QED) is 0.515. The minimum Gasteiger partial charge on any atom is -0.264 e. The maximum Gasteiger partial charge on any atom is 0.246 e. The van der Waals surface area contributed by atoms with Gasteiger partial charge in [0, 0.05) is 6.42 Å². The van der Waals surface area contributed by atoms with Gasteiger partial charge in [0.1, 0.15) is 13.1 Å². The first-order chi connectivity index (χ1) is 4.75. The van der Waals surface area contributed by atoms with Gasteiger partial charge >= 0.3 is 0 Å². The standard InChI is InChI=1S/C8H17N2/c1-4-5-8-9(2)6-7-10(8)3/h4-7H2,1-3H3/q+1. The number of nitrogens with zero attached hydrogens (tertiary/aromatic N) is 2. The number of hydrogen-bond acceptors (Lipinski definition) is 1. The maximum atomic E-state index is 2.35. The van der Waals surface area contributed by atoms with Crippen LogP contribution in [0.2, 0.25) is 0 Å². The topological polar surface area (TPSA) is 6.25 Å². The summed E-state index contributed by atoms with van der Waals surface area (Å²) >= 11 is 0. The highest BCUT2D eigenvalue weighted by Crippen LogP contribution is 2.02. The third kappa shape index (κ3) is 1.31. The van der Waals surface area contributed by atoms with Crippen molar-refractivity contribution >= 4 is 5.84 Å². The fourth-order valence-electron chi connectivity index (χ4n) is 1.45. The summed E-state index contributed by atoms with van der Waals surface area (Å²) in [5, 5.41) is 0. The van der Waals surface area contributed by atoms with Crippen LogP contribution in [-0.4, -0.2) is 42.5 Å². The van der Waals surface area contributed by atoms with Crippen molar-refractivity contribution in [1.82, 2.24) is 4.90 Å². The van der Waals surface area contributed by atoms with Gasteiger partial charge in [-0.15, -0.1) is 0 Å². The first-order valence-corrected chi connectivity index (χ1v) is 4.03. The third-order valence-electron chi connectivity index (χ3n) is 2.13. The molecule has 0 saturated heterocycles. The molecule has 0 aromatic rings. The number of rotatable bonds is 2. The predicted octanol–water partition coefficient (Wildman–Crippen LogP) is 0.773. The SMILES string of the molecule is CCCC1=[N+](C)CCN1C. The summed E-state index contributed by atoms with van der Waals surface area (Å²) in [6.45, 7) is 4.63. The lowest BCUT2D eigenvalue weighted by Gasteiger charge is -2.04. The monoisotopic (exact) mass is 141 g/mol. The Hall–Kier alpha value is -0.530. The van der Waals surface area contributed by atoms with Crippen LogP contribution in [0.1, 0.15) is 19.8 Å². The molecular weight excluding hydrogens is 124 g/mol. The van der Waals surface area contributed by atoms with Gasteiger partial charge in [-0.25, -0.2) is 0 Å². The Morgan fingerprint density at radius 3 is 2.70 bits per heavy atom. The fraction of sp³-hybridized carbons (Fsp3) is 0.875. The summed E-state index contributed by atoms with van der Waals surface area (Å²) in [6.07, 6.45) is 2.48. The summed E-state index contributed by atoms with van der Waals surface area (Å²) in [4.78, 5) is 2.35. The van der Waals surface area contributed by atoms with Crippen LogP contribution >= 0.6 is 0 Å². The summed E-state index contributed by atoms with van der Waals surface area (Å²) in [6, 6.07) is 0. The average molecular weight is 141 g/mol. The molecule has 1 heterocycles. The lowest BCUT2D eigenvalue weighted by atomic mass is 10.3. The van der Waals surface area contributed by atoms with E-state index in [-0.39, 0.29) is 0 Å². The first-order valence-electron chi connectivity index (χ1n) is 4.03. The van der Waals surface area contributed by atoms with Gasteiger partial charge in [0.05, 0.1) is 14.1 Å². The average Bonchev–Trinajstić information content (AvgIpc) is 2.20. The highest BCUT2D eigenvalue weighted by Gasteiger charge is 2.22. The van der Waals surface area contributed by atoms with E-state index in [9.17, 15) is 0 Å². The molecule has 0 unspecified atom stereocenters. The van der Waals surface area contributed by atoms with E-state index in [1.165, 1.54) is 31.8 Å². The van der Waals surface area contributed by atoms with Gasteiger partial charge in [-0.3, -0.25) is 9.48 Å². The molecule has 1 aliphatic rings. The van der Waals surface area contributed by atoms with Crippen LogP contribution in [0.4, 0.5) is 0 Å². The Balaban J connectivity index is 2.59. The van der Waals surface area contributed by atoms with Crippen molar-refractivity contribution in [2.45, 2.75) is 19.8 Å². The Labute approximate surface area is 63.2 Å². The molecule has 0 saturated carbocycles. The Bertz CT molecular complexity index is 149. The van der Waals surface area contributed by atoms with E-state index in [1.54, 1.807) is 0 Å². The number of amidine groups is 1. The molecule has 2 heteroatoms. The van der Waals surface area contributed by atoms with E-state index in [4.69, 9.17) is 0 Å². The Morgan fingerprint density at radius 2 is 2.30 bits per heavy atom. The minimum absolute atomic E-state index is 1.20. The van der Waals surface area contributed by atoms with Crippen molar-refractivity contribution in [2.24, 2.45) is 0 Å². The lowest BCUT2D eigenvalue weighted by molar-refractivity contribution is -0.487. The maximum absolute atomic E-state index is 2.35. The van der Waals surface area contributed by atoms with Crippen molar-refractivity contribution < 1.29 is 4.58 Å². The van der Waals surface area contributed by atoms with Crippen molar-refractivity contribution in [3.8, 4) is 0 Å². The fourth-order valence-corrected chi connectivity index (χ4v) is 1.45. The van der Waals surface area contributed by atoms with Gasteiger partial charge in [-0.1, -0.05) is 6.92 Å². The summed E-state index contributed by atoms with van der Waals surface area (Å²) in [5.41, 5.74) is 0. The molecule has 0 bridgehead atoms. The van der Waals surface area contributed by atoms with Gasteiger partial charge in [-0.2, -0.15) is 0 Å². The molecule has 0 aromatic carbocycles. The molecule has 0 spiro atoms. The first kappa shape index (κ1) is 7.58. The van der Waals surface area contributed by atoms with Crippen LogP contribution < -0.4 is 0 Å². The lowest BCUT2D eigenvalue weighted by Crippen LogP contribution is -2.24. The summed E-state index contributed by atoms with van der Waals surface area (Å²) in [7, 11) is 4.35. The zero-order valence-electron chi connectivity index (χ0n) is 7.22. The molecule has 1 rings (SSSR count). The number of hydrogen-bond donors (Lipinski definition) is 0. The highest BCUT2D eigenvalue weighted by molar-refractivity contribution is 5.77. The largest absolute Gasteiger partial charge is 0.264 e. The van der Waals surface area contributed by atoms with Gasteiger partial charge in [-0.05, 0) is 6.42 Å². The zero-order valence-corrected chi connectivity index (χ0v) is 7.22. The molecule has 0 aliphatic carbocycles. The highest BCUT2D eigenvalue weighted by atomic mass is 15.3. The summed E-state index contributed by atoms with van der Waals surface area (Å²) < 4.78 is 2.35. The molecule has 0 radical (unpaired) electrons. The van der Waals surface area contributed by atoms with E-state index in [1.807, 2.05) is 0 Å². The van der Waals surface area contributed by atoms with E-state index in [0.29, 0.717) is 0 Å². The second-order valence-electron chi connectivity index (χ2n) is 3.01. The normalized spacial score (nSPS) is 18.9. The molecule has 1 aliphatic heterocycles. The van der Waals surface area contributed by atoms with E-state index < -0.39 is 0 Å². The van der Waals surface area contributed by atoms with E-state index in [2.05, 4.69) is 30.5 Å². The van der Waals surface area contributed by atoms with Crippen molar-refractivity contribution in [2.75, 3.05) is 27.2 Å². The number of likely N-dealkylation sites (N-methyl/N-ethyl adjacent to an activating group) is 2.